The maximum atomic E-state index is 12.2. The molecule has 0 saturated carbocycles. The molecule has 0 saturated heterocycles. The molecule has 5 heteroatoms. The first-order valence-electron chi connectivity index (χ1n) is 5.82. The van der Waals surface area contributed by atoms with Gasteiger partial charge in [-0.3, -0.25) is 4.79 Å². The molecule has 1 heterocycles. The number of hydrogen-bond donors (Lipinski definition) is 2. The first-order valence-corrected chi connectivity index (χ1v) is 6.61. The Balaban J connectivity index is 2.23. The van der Waals surface area contributed by atoms with Gasteiger partial charge >= 0.3 is 0 Å². The molecule has 0 spiro atoms. The Morgan fingerprint density at radius 1 is 1.32 bits per heavy atom. The van der Waals surface area contributed by atoms with E-state index in [0.717, 1.165) is 15.7 Å². The van der Waals surface area contributed by atoms with Gasteiger partial charge in [0.1, 0.15) is 5.82 Å². The number of nitrogens with one attached hydrogen (secondary N) is 2. The van der Waals surface area contributed by atoms with Crippen LogP contribution in [0.3, 0.4) is 0 Å². The van der Waals surface area contributed by atoms with Crippen molar-refractivity contribution in [1.82, 2.24) is 4.98 Å². The molecule has 4 nitrogen and oxygen atoms in total. The number of halogens is 1. The van der Waals surface area contributed by atoms with Crippen molar-refractivity contribution in [2.75, 3.05) is 17.7 Å². The van der Waals surface area contributed by atoms with Crippen LogP contribution in [-0.2, 0) is 0 Å². The molecular weight excluding hydrogens is 306 g/mol. The third-order valence-corrected chi connectivity index (χ3v) is 3.39. The van der Waals surface area contributed by atoms with Crippen LogP contribution in [0.25, 0.3) is 0 Å². The smallest absolute Gasteiger partial charge is 0.257 e. The number of aryl methyl sites for hydroxylation is 1. The van der Waals surface area contributed by atoms with Gasteiger partial charge in [0, 0.05) is 24.5 Å². The SMILES string of the molecule is CNc1ccc(C(=O)Nc2ncccc2Br)c(C)c1. The summed E-state index contributed by atoms with van der Waals surface area (Å²) in [5.74, 6) is 0.351. The van der Waals surface area contributed by atoms with Crippen molar-refractivity contribution in [2.45, 2.75) is 6.92 Å². The van der Waals surface area contributed by atoms with E-state index in [0.29, 0.717) is 11.4 Å². The molecule has 98 valence electrons. The number of carbonyl (C=O) groups excluding carboxylic acids is 1. The van der Waals surface area contributed by atoms with Crippen LogP contribution in [0.5, 0.6) is 0 Å². The van der Waals surface area contributed by atoms with Gasteiger partial charge in [-0.15, -0.1) is 0 Å². The molecule has 0 fully saturated rings. The Morgan fingerprint density at radius 2 is 2.11 bits per heavy atom. The second-order valence-corrected chi connectivity index (χ2v) is 4.92. The molecule has 0 bridgehead atoms. The van der Waals surface area contributed by atoms with Crippen molar-refractivity contribution in [2.24, 2.45) is 0 Å². The zero-order valence-corrected chi connectivity index (χ0v) is 12.3. The standard InChI is InChI=1S/C14H14BrN3O/c1-9-8-10(16-2)5-6-11(9)14(19)18-13-12(15)4-3-7-17-13/h3-8,16H,1-2H3,(H,17,18,19). The Kier molecular flexibility index (Phi) is 4.16. The zero-order valence-electron chi connectivity index (χ0n) is 10.7. The molecule has 1 aromatic carbocycles. The Labute approximate surface area is 120 Å². The fraction of sp³-hybridized carbons (Fsp3) is 0.143. The minimum atomic E-state index is -0.167. The van der Waals surface area contributed by atoms with Crippen molar-refractivity contribution in [1.29, 1.82) is 0 Å². The van der Waals surface area contributed by atoms with Crippen LogP contribution < -0.4 is 10.6 Å². The highest BCUT2D eigenvalue weighted by molar-refractivity contribution is 9.10. The number of carbonyl (C=O) groups is 1. The minimum absolute atomic E-state index is 0.167. The van der Waals surface area contributed by atoms with Gasteiger partial charge in [-0.25, -0.2) is 4.98 Å². The zero-order chi connectivity index (χ0) is 13.8. The van der Waals surface area contributed by atoms with Gasteiger partial charge in [0.2, 0.25) is 0 Å². The van der Waals surface area contributed by atoms with Crippen LogP contribution >= 0.6 is 15.9 Å². The number of hydrogen-bond acceptors (Lipinski definition) is 3. The van der Waals surface area contributed by atoms with E-state index in [-0.39, 0.29) is 5.91 Å². The van der Waals surface area contributed by atoms with Crippen LogP contribution in [0.15, 0.2) is 41.0 Å². The van der Waals surface area contributed by atoms with E-state index in [1.54, 1.807) is 18.3 Å². The highest BCUT2D eigenvalue weighted by Gasteiger charge is 2.11. The molecule has 0 aliphatic heterocycles. The molecule has 2 aromatic rings. The van der Waals surface area contributed by atoms with Gasteiger partial charge in [-0.2, -0.15) is 0 Å². The molecule has 0 atom stereocenters. The van der Waals surface area contributed by atoms with Crippen LogP contribution in [0.4, 0.5) is 11.5 Å². The van der Waals surface area contributed by atoms with E-state index in [9.17, 15) is 4.79 Å². The molecule has 0 unspecified atom stereocenters. The van der Waals surface area contributed by atoms with Gasteiger partial charge in [0.15, 0.2) is 0 Å². The summed E-state index contributed by atoms with van der Waals surface area (Å²) in [6.07, 6.45) is 1.64. The van der Waals surface area contributed by atoms with Gasteiger partial charge in [-0.1, -0.05) is 0 Å². The first kappa shape index (κ1) is 13.5. The average Bonchev–Trinajstić information content (AvgIpc) is 2.41. The summed E-state index contributed by atoms with van der Waals surface area (Å²) in [7, 11) is 1.85. The monoisotopic (exact) mass is 319 g/mol. The van der Waals surface area contributed by atoms with Crippen LogP contribution in [0, 0.1) is 6.92 Å². The predicted octanol–water partition coefficient (Wildman–Crippen LogP) is 3.45. The van der Waals surface area contributed by atoms with E-state index < -0.39 is 0 Å². The summed E-state index contributed by atoms with van der Waals surface area (Å²) in [5, 5.41) is 5.83. The van der Waals surface area contributed by atoms with Gasteiger partial charge in [-0.05, 0) is 58.7 Å². The molecular formula is C14H14BrN3O. The molecule has 1 aromatic heterocycles. The van der Waals surface area contributed by atoms with Gasteiger partial charge in [0.25, 0.3) is 5.91 Å². The number of rotatable bonds is 3. The predicted molar refractivity (Wildman–Crippen MR) is 80.6 cm³/mol. The van der Waals surface area contributed by atoms with Crippen molar-refractivity contribution in [3.8, 4) is 0 Å². The van der Waals surface area contributed by atoms with Crippen LogP contribution in [0.1, 0.15) is 15.9 Å². The van der Waals surface area contributed by atoms with Crippen LogP contribution in [-0.4, -0.2) is 17.9 Å². The second-order valence-electron chi connectivity index (χ2n) is 4.07. The summed E-state index contributed by atoms with van der Waals surface area (Å²) in [4.78, 5) is 16.3. The summed E-state index contributed by atoms with van der Waals surface area (Å²) < 4.78 is 0.757. The van der Waals surface area contributed by atoms with Crippen LogP contribution in [0.2, 0.25) is 0 Å². The molecule has 2 rings (SSSR count). The van der Waals surface area contributed by atoms with E-state index in [2.05, 4.69) is 31.5 Å². The quantitative estimate of drug-likeness (QED) is 0.911. The van der Waals surface area contributed by atoms with Crippen molar-refractivity contribution in [3.63, 3.8) is 0 Å². The first-order chi connectivity index (χ1) is 9.11. The lowest BCUT2D eigenvalue weighted by Crippen LogP contribution is -2.14. The summed E-state index contributed by atoms with van der Waals surface area (Å²) in [6, 6.07) is 9.23. The lowest BCUT2D eigenvalue weighted by atomic mass is 10.1. The van der Waals surface area contributed by atoms with E-state index in [4.69, 9.17) is 0 Å². The number of anilines is 2. The lowest BCUT2D eigenvalue weighted by Gasteiger charge is -2.09. The molecule has 2 N–H and O–H groups in total. The maximum absolute atomic E-state index is 12.2. The number of aromatic nitrogens is 1. The van der Waals surface area contributed by atoms with Crippen molar-refractivity contribution >= 4 is 33.3 Å². The van der Waals surface area contributed by atoms with Crippen molar-refractivity contribution in [3.05, 3.63) is 52.1 Å². The molecule has 19 heavy (non-hydrogen) atoms. The van der Waals surface area contributed by atoms with E-state index in [1.807, 2.05) is 32.2 Å². The van der Waals surface area contributed by atoms with Gasteiger partial charge < -0.3 is 10.6 Å². The largest absolute Gasteiger partial charge is 0.388 e. The summed E-state index contributed by atoms with van der Waals surface area (Å²) >= 11 is 3.35. The number of pyridine rings is 1. The Bertz CT molecular complexity index is 613. The maximum Gasteiger partial charge on any atom is 0.257 e. The normalized spacial score (nSPS) is 10.1. The van der Waals surface area contributed by atoms with Gasteiger partial charge in [0.05, 0.1) is 4.47 Å². The molecule has 0 radical (unpaired) electrons. The third kappa shape index (κ3) is 3.12. The Hall–Kier alpha value is -1.88. The fourth-order valence-corrected chi connectivity index (χ4v) is 2.08. The minimum Gasteiger partial charge on any atom is -0.388 e. The Morgan fingerprint density at radius 3 is 2.74 bits per heavy atom. The topological polar surface area (TPSA) is 54.0 Å². The third-order valence-electron chi connectivity index (χ3n) is 2.75. The second kappa shape index (κ2) is 5.84. The molecule has 1 amide bonds. The highest BCUT2D eigenvalue weighted by atomic mass is 79.9. The highest BCUT2D eigenvalue weighted by Crippen LogP contribution is 2.20. The molecule has 0 aliphatic rings. The lowest BCUT2D eigenvalue weighted by molar-refractivity contribution is 0.102. The number of benzene rings is 1. The summed E-state index contributed by atoms with van der Waals surface area (Å²) in [5.41, 5.74) is 2.53. The summed E-state index contributed by atoms with van der Waals surface area (Å²) in [6.45, 7) is 1.91. The van der Waals surface area contributed by atoms with E-state index >= 15 is 0 Å². The number of nitrogens with zero attached hydrogens (tertiary/aromatic N) is 1. The fourth-order valence-electron chi connectivity index (χ4n) is 1.73. The average molecular weight is 320 g/mol. The molecule has 0 aliphatic carbocycles. The number of amides is 1. The van der Waals surface area contributed by atoms with Crippen molar-refractivity contribution < 1.29 is 4.79 Å². The van der Waals surface area contributed by atoms with E-state index in [1.165, 1.54) is 0 Å².